The smallest absolute Gasteiger partial charge is 0.257 e. The Labute approximate surface area is 177 Å². The van der Waals surface area contributed by atoms with Crippen molar-refractivity contribution in [2.24, 2.45) is 0 Å². The van der Waals surface area contributed by atoms with Gasteiger partial charge in [0.15, 0.2) is 5.58 Å². The summed E-state index contributed by atoms with van der Waals surface area (Å²) in [5, 5.41) is 3.72. The first-order chi connectivity index (χ1) is 13.9. The fraction of sp³-hybridized carbons (Fsp3) is 0.0909. The molecule has 0 aliphatic carbocycles. The Balaban J connectivity index is 1.61. The summed E-state index contributed by atoms with van der Waals surface area (Å²) in [4.78, 5) is 17.0. The highest BCUT2D eigenvalue weighted by atomic mass is 35.5. The normalized spacial score (nSPS) is 10.9. The molecule has 146 valence electrons. The molecule has 4 aromatic rings. The van der Waals surface area contributed by atoms with Crippen molar-refractivity contribution in [3.63, 3.8) is 0 Å². The second kappa shape index (κ2) is 7.78. The lowest BCUT2D eigenvalue weighted by atomic mass is 10.1. The molecular formula is C22H16Cl2N2O3. The Morgan fingerprint density at radius 1 is 1.03 bits per heavy atom. The zero-order valence-corrected chi connectivity index (χ0v) is 17.1. The number of ether oxygens (including phenoxy) is 1. The fourth-order valence-electron chi connectivity index (χ4n) is 2.93. The van der Waals surface area contributed by atoms with Gasteiger partial charge in [-0.25, -0.2) is 4.98 Å². The van der Waals surface area contributed by atoms with Gasteiger partial charge in [-0.2, -0.15) is 0 Å². The number of carbonyl (C=O) groups excluding carboxylic acids is 1. The molecule has 5 nitrogen and oxygen atoms in total. The molecule has 0 saturated carbocycles. The van der Waals surface area contributed by atoms with Crippen LogP contribution >= 0.6 is 23.2 Å². The minimum absolute atomic E-state index is 0.292. The number of hydrogen-bond acceptors (Lipinski definition) is 4. The van der Waals surface area contributed by atoms with Crippen LogP contribution in [0, 0.1) is 6.92 Å². The molecule has 0 saturated heterocycles. The Morgan fingerprint density at radius 2 is 1.86 bits per heavy atom. The highest BCUT2D eigenvalue weighted by molar-refractivity contribution is 6.34. The molecule has 1 N–H and O–H groups in total. The van der Waals surface area contributed by atoms with Crippen molar-refractivity contribution in [1.29, 1.82) is 0 Å². The Morgan fingerprint density at radius 3 is 2.59 bits per heavy atom. The standard InChI is InChI=1S/C22H16Cl2N2O3/c1-12-3-6-15(16(23)9-12)21(27)25-14-5-8-20-18(11-14)26-22(29-20)13-4-7-19(28-2)17(24)10-13/h3-11H,1-2H3,(H,25,27). The number of nitrogens with one attached hydrogen (secondary N) is 1. The van der Waals surface area contributed by atoms with Gasteiger partial charge in [-0.15, -0.1) is 0 Å². The molecule has 29 heavy (non-hydrogen) atoms. The first-order valence-corrected chi connectivity index (χ1v) is 9.52. The number of aromatic nitrogens is 1. The second-order valence-corrected chi connectivity index (χ2v) is 7.30. The number of carbonyl (C=O) groups is 1. The quantitative estimate of drug-likeness (QED) is 0.411. The van der Waals surface area contributed by atoms with E-state index in [-0.39, 0.29) is 5.91 Å². The SMILES string of the molecule is COc1ccc(-c2nc3cc(NC(=O)c4ccc(C)cc4Cl)ccc3o2)cc1Cl. The summed E-state index contributed by atoms with van der Waals surface area (Å²) in [5.74, 6) is 0.709. The number of anilines is 1. The van der Waals surface area contributed by atoms with Gasteiger partial charge in [-0.1, -0.05) is 29.3 Å². The molecule has 0 bridgehead atoms. The molecule has 1 heterocycles. The molecule has 4 rings (SSSR count). The minimum Gasteiger partial charge on any atom is -0.495 e. The maximum Gasteiger partial charge on any atom is 0.257 e. The van der Waals surface area contributed by atoms with E-state index >= 15 is 0 Å². The monoisotopic (exact) mass is 426 g/mol. The molecule has 0 spiro atoms. The predicted octanol–water partition coefficient (Wildman–Crippen LogP) is 6.37. The van der Waals surface area contributed by atoms with Crippen molar-refractivity contribution < 1.29 is 13.9 Å². The van der Waals surface area contributed by atoms with Crippen LogP contribution in [-0.2, 0) is 0 Å². The van der Waals surface area contributed by atoms with Gasteiger partial charge in [0.05, 0.1) is 22.7 Å². The van der Waals surface area contributed by atoms with Crippen LogP contribution in [0.3, 0.4) is 0 Å². The molecule has 0 aliphatic rings. The zero-order chi connectivity index (χ0) is 20.5. The van der Waals surface area contributed by atoms with Crippen LogP contribution in [0.5, 0.6) is 5.75 Å². The lowest BCUT2D eigenvalue weighted by Crippen LogP contribution is -2.12. The molecule has 0 fully saturated rings. The zero-order valence-electron chi connectivity index (χ0n) is 15.6. The number of hydrogen-bond donors (Lipinski definition) is 1. The molecule has 1 amide bonds. The molecule has 0 unspecified atom stereocenters. The number of methoxy groups -OCH3 is 1. The minimum atomic E-state index is -0.292. The molecule has 3 aromatic carbocycles. The van der Waals surface area contributed by atoms with Gasteiger partial charge in [0.25, 0.3) is 5.91 Å². The Kier molecular flexibility index (Phi) is 5.18. The summed E-state index contributed by atoms with van der Waals surface area (Å²) in [6.07, 6.45) is 0. The van der Waals surface area contributed by atoms with Crippen LogP contribution in [0.1, 0.15) is 15.9 Å². The van der Waals surface area contributed by atoms with E-state index in [1.807, 2.05) is 19.1 Å². The van der Waals surface area contributed by atoms with Crippen LogP contribution < -0.4 is 10.1 Å². The van der Waals surface area contributed by atoms with Gasteiger partial charge in [-0.3, -0.25) is 4.79 Å². The van der Waals surface area contributed by atoms with Crippen molar-refractivity contribution in [1.82, 2.24) is 4.98 Å². The number of nitrogens with zero attached hydrogens (tertiary/aromatic N) is 1. The Bertz CT molecular complexity index is 1230. The van der Waals surface area contributed by atoms with Crippen LogP contribution in [0.15, 0.2) is 59.0 Å². The number of amides is 1. The van der Waals surface area contributed by atoms with E-state index in [4.69, 9.17) is 32.4 Å². The first-order valence-electron chi connectivity index (χ1n) is 8.76. The summed E-state index contributed by atoms with van der Waals surface area (Å²) in [6, 6.07) is 15.8. The lowest BCUT2D eigenvalue weighted by Gasteiger charge is -2.07. The van der Waals surface area contributed by atoms with E-state index in [0.29, 0.717) is 44.0 Å². The van der Waals surface area contributed by atoms with E-state index in [0.717, 1.165) is 11.1 Å². The van der Waals surface area contributed by atoms with Crippen molar-refractivity contribution in [3.8, 4) is 17.2 Å². The van der Waals surface area contributed by atoms with Crippen molar-refractivity contribution >= 4 is 45.9 Å². The maximum atomic E-state index is 12.5. The summed E-state index contributed by atoms with van der Waals surface area (Å²) >= 11 is 12.4. The topological polar surface area (TPSA) is 64.4 Å². The summed E-state index contributed by atoms with van der Waals surface area (Å²) in [7, 11) is 1.56. The van der Waals surface area contributed by atoms with Crippen LogP contribution in [0.2, 0.25) is 10.0 Å². The average Bonchev–Trinajstić information content (AvgIpc) is 3.11. The van der Waals surface area contributed by atoms with E-state index in [2.05, 4.69) is 10.3 Å². The highest BCUT2D eigenvalue weighted by Crippen LogP contribution is 2.32. The summed E-state index contributed by atoms with van der Waals surface area (Å²) in [6.45, 7) is 1.92. The van der Waals surface area contributed by atoms with Crippen molar-refractivity contribution in [2.75, 3.05) is 12.4 Å². The largest absolute Gasteiger partial charge is 0.495 e. The predicted molar refractivity (Wildman–Crippen MR) is 115 cm³/mol. The lowest BCUT2D eigenvalue weighted by molar-refractivity contribution is 0.102. The number of fused-ring (bicyclic) bond motifs is 1. The van der Waals surface area contributed by atoms with Gasteiger partial charge in [0, 0.05) is 11.3 Å². The number of aryl methyl sites for hydroxylation is 1. The number of benzene rings is 3. The van der Waals surface area contributed by atoms with Gasteiger partial charge in [-0.05, 0) is 61.0 Å². The van der Waals surface area contributed by atoms with Crippen LogP contribution in [0.25, 0.3) is 22.6 Å². The van der Waals surface area contributed by atoms with Gasteiger partial charge < -0.3 is 14.5 Å². The van der Waals surface area contributed by atoms with E-state index < -0.39 is 0 Å². The third-order valence-corrected chi connectivity index (χ3v) is 5.02. The first kappa shape index (κ1) is 19.3. The van der Waals surface area contributed by atoms with Crippen LogP contribution in [-0.4, -0.2) is 18.0 Å². The molecule has 0 atom stereocenters. The molecule has 7 heteroatoms. The van der Waals surface area contributed by atoms with Gasteiger partial charge in [0.1, 0.15) is 11.3 Å². The average molecular weight is 427 g/mol. The van der Waals surface area contributed by atoms with Crippen molar-refractivity contribution in [3.05, 3.63) is 75.8 Å². The molecule has 1 aromatic heterocycles. The van der Waals surface area contributed by atoms with Gasteiger partial charge in [0.2, 0.25) is 5.89 Å². The molecular weight excluding hydrogens is 411 g/mol. The van der Waals surface area contributed by atoms with E-state index in [1.165, 1.54) is 0 Å². The fourth-order valence-corrected chi connectivity index (χ4v) is 3.51. The summed E-state index contributed by atoms with van der Waals surface area (Å²) < 4.78 is 11.0. The van der Waals surface area contributed by atoms with Crippen molar-refractivity contribution in [2.45, 2.75) is 6.92 Å². The molecule has 0 aliphatic heterocycles. The number of oxazole rings is 1. The molecule has 0 radical (unpaired) electrons. The number of halogens is 2. The maximum absolute atomic E-state index is 12.5. The van der Waals surface area contributed by atoms with E-state index in [9.17, 15) is 4.79 Å². The van der Waals surface area contributed by atoms with Crippen LogP contribution in [0.4, 0.5) is 5.69 Å². The highest BCUT2D eigenvalue weighted by Gasteiger charge is 2.14. The third kappa shape index (κ3) is 3.92. The third-order valence-electron chi connectivity index (χ3n) is 4.41. The second-order valence-electron chi connectivity index (χ2n) is 6.49. The number of rotatable bonds is 4. The van der Waals surface area contributed by atoms with Gasteiger partial charge >= 0.3 is 0 Å². The van der Waals surface area contributed by atoms with E-state index in [1.54, 1.807) is 49.6 Å². The Hall–Kier alpha value is -3.02. The summed E-state index contributed by atoms with van der Waals surface area (Å²) in [5.41, 5.74) is 3.92.